The molecule has 4 aromatic rings. The minimum absolute atomic E-state index is 0.223. The van der Waals surface area contributed by atoms with Crippen LogP contribution in [0.4, 0.5) is 5.69 Å². The van der Waals surface area contributed by atoms with E-state index in [0.29, 0.717) is 27.3 Å². The zero-order valence-corrected chi connectivity index (χ0v) is 18.8. The monoisotopic (exact) mass is 451 g/mol. The fraction of sp³-hybridized carbons (Fsp3) is 0.208. The molecule has 5 nitrogen and oxygen atoms in total. The molecular weight excluding hydrogens is 430 g/mol. The number of rotatable bonds is 6. The number of halogens is 1. The Balaban J connectivity index is 1.70. The van der Waals surface area contributed by atoms with E-state index >= 15 is 0 Å². The van der Waals surface area contributed by atoms with Gasteiger partial charge in [0.25, 0.3) is 5.56 Å². The van der Waals surface area contributed by atoms with Gasteiger partial charge in [0.05, 0.1) is 11.7 Å². The fourth-order valence-corrected chi connectivity index (χ4v) is 4.60. The lowest BCUT2D eigenvalue weighted by molar-refractivity contribution is -0.119. The Bertz CT molecular complexity index is 1280. The number of carbonyl (C=O) groups is 1. The summed E-state index contributed by atoms with van der Waals surface area (Å²) in [4.78, 5) is 31.5. The van der Waals surface area contributed by atoms with Crippen molar-refractivity contribution < 1.29 is 4.79 Å². The van der Waals surface area contributed by atoms with E-state index < -0.39 is 6.04 Å². The summed E-state index contributed by atoms with van der Waals surface area (Å²) in [5, 5.41) is 6.00. The molecule has 0 aliphatic heterocycles. The maximum Gasteiger partial charge on any atom is 0.263 e. The Morgan fingerprint density at radius 3 is 2.48 bits per heavy atom. The number of hydrogen-bond acceptors (Lipinski definition) is 4. The first-order chi connectivity index (χ1) is 15.0. The van der Waals surface area contributed by atoms with Crippen molar-refractivity contribution in [3.63, 3.8) is 0 Å². The Labute approximate surface area is 189 Å². The van der Waals surface area contributed by atoms with E-state index in [1.54, 1.807) is 12.1 Å². The van der Waals surface area contributed by atoms with Gasteiger partial charge in [0, 0.05) is 21.7 Å². The van der Waals surface area contributed by atoms with E-state index in [1.165, 1.54) is 27.8 Å². The Hall–Kier alpha value is -2.96. The molecule has 31 heavy (non-hydrogen) atoms. The number of amides is 1. The molecule has 0 aliphatic carbocycles. The van der Waals surface area contributed by atoms with Crippen LogP contribution in [0.25, 0.3) is 21.3 Å². The van der Waals surface area contributed by atoms with E-state index in [1.807, 2.05) is 48.7 Å². The molecule has 158 valence electrons. The molecule has 0 aliphatic rings. The van der Waals surface area contributed by atoms with Gasteiger partial charge in [-0.3, -0.25) is 14.2 Å². The third-order valence-electron chi connectivity index (χ3n) is 5.33. The number of nitrogens with one attached hydrogen (secondary N) is 1. The fourth-order valence-electron chi connectivity index (χ4n) is 3.57. The standard InChI is InChI=1S/C24H22ClN3O2S/c1-3-15-5-11-18(12-6-15)27-22(29)20(4-2)28-14-26-23-21(24(28)30)19(13-31-23)16-7-9-17(25)10-8-16/h5-14,20H,3-4H2,1-2H3,(H,27,29). The molecule has 0 bridgehead atoms. The van der Waals surface area contributed by atoms with Gasteiger partial charge >= 0.3 is 0 Å². The summed E-state index contributed by atoms with van der Waals surface area (Å²) in [5.41, 5.74) is 3.37. The van der Waals surface area contributed by atoms with Crippen molar-refractivity contribution in [2.45, 2.75) is 32.7 Å². The van der Waals surface area contributed by atoms with Gasteiger partial charge in [-0.25, -0.2) is 4.98 Å². The molecule has 0 fully saturated rings. The molecule has 1 atom stereocenters. The number of aryl methyl sites for hydroxylation is 1. The molecule has 0 saturated carbocycles. The Kier molecular flexibility index (Phi) is 6.20. The summed E-state index contributed by atoms with van der Waals surface area (Å²) in [7, 11) is 0. The van der Waals surface area contributed by atoms with Gasteiger partial charge in [-0.15, -0.1) is 11.3 Å². The highest BCUT2D eigenvalue weighted by molar-refractivity contribution is 7.17. The summed E-state index contributed by atoms with van der Waals surface area (Å²) in [6, 6.07) is 14.4. The second kappa shape index (κ2) is 9.04. The number of anilines is 1. The molecule has 2 heterocycles. The van der Waals surface area contributed by atoms with Crippen molar-refractivity contribution in [2.75, 3.05) is 5.32 Å². The van der Waals surface area contributed by atoms with Crippen molar-refractivity contribution in [2.24, 2.45) is 0 Å². The lowest BCUT2D eigenvalue weighted by Gasteiger charge is -2.18. The molecule has 1 N–H and O–H groups in total. The smallest absolute Gasteiger partial charge is 0.263 e. The summed E-state index contributed by atoms with van der Waals surface area (Å²) in [6.07, 6.45) is 2.87. The number of fused-ring (bicyclic) bond motifs is 1. The molecule has 0 saturated heterocycles. The van der Waals surface area contributed by atoms with Gasteiger partial charge in [-0.05, 0) is 48.2 Å². The van der Waals surface area contributed by atoms with Gasteiger partial charge in [-0.2, -0.15) is 0 Å². The highest BCUT2D eigenvalue weighted by Crippen LogP contribution is 2.31. The highest BCUT2D eigenvalue weighted by atomic mass is 35.5. The number of thiophene rings is 1. The lowest BCUT2D eigenvalue weighted by Crippen LogP contribution is -2.33. The molecule has 0 radical (unpaired) electrons. The first-order valence-corrected chi connectivity index (χ1v) is 11.4. The second-order valence-electron chi connectivity index (χ2n) is 7.26. The molecule has 7 heteroatoms. The van der Waals surface area contributed by atoms with Crippen molar-refractivity contribution in [3.8, 4) is 11.1 Å². The third kappa shape index (κ3) is 4.27. The lowest BCUT2D eigenvalue weighted by atomic mass is 10.1. The van der Waals surface area contributed by atoms with Crippen LogP contribution < -0.4 is 10.9 Å². The minimum Gasteiger partial charge on any atom is -0.324 e. The molecule has 2 aromatic heterocycles. The van der Waals surface area contributed by atoms with E-state index in [0.717, 1.165) is 17.5 Å². The quantitative estimate of drug-likeness (QED) is 0.395. The predicted molar refractivity (Wildman–Crippen MR) is 128 cm³/mol. The number of aromatic nitrogens is 2. The van der Waals surface area contributed by atoms with Crippen LogP contribution in [0.3, 0.4) is 0 Å². The zero-order chi connectivity index (χ0) is 22.0. The van der Waals surface area contributed by atoms with Crippen LogP contribution in [0.15, 0.2) is 65.0 Å². The zero-order valence-electron chi connectivity index (χ0n) is 17.3. The van der Waals surface area contributed by atoms with Gasteiger partial charge < -0.3 is 5.32 Å². The van der Waals surface area contributed by atoms with Crippen LogP contribution >= 0.6 is 22.9 Å². The van der Waals surface area contributed by atoms with Crippen LogP contribution in [0.2, 0.25) is 5.02 Å². The van der Waals surface area contributed by atoms with Gasteiger partial charge in [0.1, 0.15) is 10.9 Å². The minimum atomic E-state index is -0.659. The van der Waals surface area contributed by atoms with Crippen LogP contribution in [0, 0.1) is 0 Å². The van der Waals surface area contributed by atoms with E-state index in [9.17, 15) is 9.59 Å². The maximum atomic E-state index is 13.4. The first-order valence-electron chi connectivity index (χ1n) is 10.2. The Morgan fingerprint density at radius 2 is 1.84 bits per heavy atom. The van der Waals surface area contributed by atoms with Crippen LogP contribution in [-0.4, -0.2) is 15.5 Å². The molecule has 1 amide bonds. The summed E-state index contributed by atoms with van der Waals surface area (Å²) >= 11 is 7.42. The number of carbonyl (C=O) groups excluding carboxylic acids is 1. The van der Waals surface area contributed by atoms with Gasteiger partial charge in [0.2, 0.25) is 5.91 Å². The normalized spacial score (nSPS) is 12.1. The van der Waals surface area contributed by atoms with E-state index in [2.05, 4.69) is 17.2 Å². The predicted octanol–water partition coefficient (Wildman–Crippen LogP) is 5.93. The third-order valence-corrected chi connectivity index (χ3v) is 6.47. The molecule has 4 rings (SSSR count). The van der Waals surface area contributed by atoms with Crippen molar-refractivity contribution in [1.82, 2.24) is 9.55 Å². The Morgan fingerprint density at radius 1 is 1.13 bits per heavy atom. The number of hydrogen-bond donors (Lipinski definition) is 1. The largest absolute Gasteiger partial charge is 0.324 e. The maximum absolute atomic E-state index is 13.4. The molecule has 0 spiro atoms. The van der Waals surface area contributed by atoms with E-state index in [4.69, 9.17) is 11.6 Å². The number of nitrogens with zero attached hydrogens (tertiary/aromatic N) is 2. The molecule has 1 unspecified atom stereocenters. The van der Waals surface area contributed by atoms with Crippen molar-refractivity contribution in [3.05, 3.63) is 81.2 Å². The number of benzene rings is 2. The van der Waals surface area contributed by atoms with Crippen molar-refractivity contribution in [1.29, 1.82) is 0 Å². The average Bonchev–Trinajstić information content (AvgIpc) is 3.22. The first kappa shape index (κ1) is 21.3. The molecule has 2 aromatic carbocycles. The topological polar surface area (TPSA) is 64.0 Å². The summed E-state index contributed by atoms with van der Waals surface area (Å²) < 4.78 is 1.43. The van der Waals surface area contributed by atoms with Crippen LogP contribution in [0.5, 0.6) is 0 Å². The van der Waals surface area contributed by atoms with E-state index in [-0.39, 0.29) is 11.5 Å². The van der Waals surface area contributed by atoms with Crippen LogP contribution in [-0.2, 0) is 11.2 Å². The highest BCUT2D eigenvalue weighted by Gasteiger charge is 2.23. The molecular formula is C24H22ClN3O2S. The average molecular weight is 452 g/mol. The van der Waals surface area contributed by atoms with Gasteiger partial charge in [0.15, 0.2) is 0 Å². The van der Waals surface area contributed by atoms with Gasteiger partial charge in [-0.1, -0.05) is 49.7 Å². The second-order valence-corrected chi connectivity index (χ2v) is 8.55. The van der Waals surface area contributed by atoms with Crippen LogP contribution in [0.1, 0.15) is 31.9 Å². The summed E-state index contributed by atoms with van der Waals surface area (Å²) in [5.74, 6) is -0.238. The SMILES string of the molecule is CCc1ccc(NC(=O)C(CC)n2cnc3scc(-c4ccc(Cl)cc4)c3c2=O)cc1. The summed E-state index contributed by atoms with van der Waals surface area (Å²) in [6.45, 7) is 3.97. The van der Waals surface area contributed by atoms with Crippen molar-refractivity contribution >= 4 is 44.7 Å².